The Balaban J connectivity index is 1.52. The van der Waals surface area contributed by atoms with Gasteiger partial charge in [-0.15, -0.1) is 0 Å². The zero-order chi connectivity index (χ0) is 15.6. The zero-order valence-electron chi connectivity index (χ0n) is 13.0. The molecule has 3 aromatic rings. The number of hydrogen-bond acceptors (Lipinski definition) is 4. The molecule has 4 rings (SSSR count). The van der Waals surface area contributed by atoms with E-state index in [1.165, 1.54) is 16.8 Å². The number of nitrogens with zero attached hydrogens (tertiary/aromatic N) is 4. The Hall–Kier alpha value is -2.27. The number of aromatic nitrogens is 3. The van der Waals surface area contributed by atoms with Crippen molar-refractivity contribution in [2.75, 3.05) is 10.8 Å². The minimum absolute atomic E-state index is 0.757. The average Bonchev–Trinajstić information content (AvgIpc) is 2.98. The van der Waals surface area contributed by atoms with Crippen molar-refractivity contribution in [1.82, 2.24) is 14.8 Å². The summed E-state index contributed by atoms with van der Waals surface area (Å²) < 4.78 is 2.01. The van der Waals surface area contributed by atoms with Crippen LogP contribution in [0.3, 0.4) is 0 Å². The number of aryl methyl sites for hydroxylation is 1. The second-order valence-corrected chi connectivity index (χ2v) is 6.67. The van der Waals surface area contributed by atoms with Gasteiger partial charge in [0.05, 0.1) is 5.88 Å². The van der Waals surface area contributed by atoms with E-state index in [-0.39, 0.29) is 0 Å². The third kappa shape index (κ3) is 3.10. The molecule has 0 aliphatic carbocycles. The van der Waals surface area contributed by atoms with Crippen LogP contribution in [0.25, 0.3) is 0 Å². The topological polar surface area (TPSA) is 34.0 Å². The van der Waals surface area contributed by atoms with Crippen molar-refractivity contribution < 1.29 is 0 Å². The molecule has 0 radical (unpaired) electrons. The Kier molecular flexibility index (Phi) is 3.79. The van der Waals surface area contributed by atoms with Gasteiger partial charge in [-0.3, -0.25) is 0 Å². The van der Waals surface area contributed by atoms with E-state index in [0.29, 0.717) is 0 Å². The van der Waals surface area contributed by atoms with Gasteiger partial charge in [-0.1, -0.05) is 59.8 Å². The number of hydrogen-bond donors (Lipinski definition) is 0. The van der Waals surface area contributed by atoms with Gasteiger partial charge in [0, 0.05) is 12.1 Å². The zero-order valence-corrected chi connectivity index (χ0v) is 13.8. The summed E-state index contributed by atoms with van der Waals surface area (Å²) in [7, 11) is 0. The van der Waals surface area contributed by atoms with Gasteiger partial charge in [0.15, 0.2) is 11.0 Å². The van der Waals surface area contributed by atoms with Crippen LogP contribution in [0.4, 0.5) is 5.69 Å². The molecule has 0 saturated carbocycles. The fourth-order valence-electron chi connectivity index (χ4n) is 2.67. The summed E-state index contributed by atoms with van der Waals surface area (Å²) in [5.74, 6) is 1.80. The third-order valence-corrected chi connectivity index (χ3v) is 4.94. The third-order valence-electron chi connectivity index (χ3n) is 3.94. The highest BCUT2D eigenvalue weighted by molar-refractivity contribution is 7.99. The molecule has 2 aromatic carbocycles. The fraction of sp³-hybridized carbons (Fsp3) is 0.222. The van der Waals surface area contributed by atoms with Gasteiger partial charge in [0.25, 0.3) is 0 Å². The van der Waals surface area contributed by atoms with Crippen molar-refractivity contribution >= 4 is 17.4 Å². The molecule has 0 amide bonds. The average molecular weight is 322 g/mol. The first kappa shape index (κ1) is 14.3. The first-order valence-electron chi connectivity index (χ1n) is 7.70. The highest BCUT2D eigenvalue weighted by Gasteiger charge is 2.20. The van der Waals surface area contributed by atoms with E-state index in [1.54, 1.807) is 11.8 Å². The minimum atomic E-state index is 0.757. The summed E-state index contributed by atoms with van der Waals surface area (Å²) in [6.07, 6.45) is 0.784. The van der Waals surface area contributed by atoms with Crippen LogP contribution in [-0.2, 0) is 13.1 Å². The van der Waals surface area contributed by atoms with Crippen LogP contribution >= 0.6 is 11.8 Å². The molecule has 23 heavy (non-hydrogen) atoms. The molecule has 0 fully saturated rings. The molecular formula is C18H18N4S. The van der Waals surface area contributed by atoms with E-state index in [9.17, 15) is 0 Å². The predicted octanol–water partition coefficient (Wildman–Crippen LogP) is 3.70. The van der Waals surface area contributed by atoms with Gasteiger partial charge in [-0.05, 0) is 24.6 Å². The first-order valence-corrected chi connectivity index (χ1v) is 8.68. The predicted molar refractivity (Wildman–Crippen MR) is 93.7 cm³/mol. The van der Waals surface area contributed by atoms with E-state index in [0.717, 1.165) is 29.9 Å². The molecule has 0 atom stereocenters. The van der Waals surface area contributed by atoms with Crippen LogP contribution in [0.1, 0.15) is 17.0 Å². The van der Waals surface area contributed by atoms with Crippen LogP contribution in [0.2, 0.25) is 0 Å². The standard InChI is InChI=1S/C18H18N4S/c1-14-7-9-16(10-8-14)21-12-22-18(23-13-21)19-17(20-22)11-15-5-3-2-4-6-15/h2-10H,11-13H2,1H3. The van der Waals surface area contributed by atoms with Crippen LogP contribution in [0.5, 0.6) is 0 Å². The Labute approximate surface area is 140 Å². The van der Waals surface area contributed by atoms with Gasteiger partial charge in [0.2, 0.25) is 0 Å². The van der Waals surface area contributed by atoms with Crippen molar-refractivity contribution in [2.24, 2.45) is 0 Å². The van der Waals surface area contributed by atoms with E-state index in [4.69, 9.17) is 0 Å². The minimum Gasteiger partial charge on any atom is -0.342 e. The Morgan fingerprint density at radius 3 is 2.61 bits per heavy atom. The molecule has 0 bridgehead atoms. The van der Waals surface area contributed by atoms with Crippen LogP contribution in [0.15, 0.2) is 59.8 Å². The molecule has 0 spiro atoms. The maximum absolute atomic E-state index is 4.68. The molecular weight excluding hydrogens is 304 g/mol. The number of benzene rings is 2. The van der Waals surface area contributed by atoms with E-state index in [1.807, 2.05) is 10.7 Å². The van der Waals surface area contributed by atoms with Crippen molar-refractivity contribution in [3.8, 4) is 0 Å². The van der Waals surface area contributed by atoms with Crippen LogP contribution in [-0.4, -0.2) is 20.6 Å². The van der Waals surface area contributed by atoms with Crippen molar-refractivity contribution in [3.63, 3.8) is 0 Å². The van der Waals surface area contributed by atoms with E-state index in [2.05, 4.69) is 70.4 Å². The second kappa shape index (κ2) is 6.08. The number of fused-ring (bicyclic) bond motifs is 1. The first-order chi connectivity index (χ1) is 11.3. The number of thioether (sulfide) groups is 1. The lowest BCUT2D eigenvalue weighted by Gasteiger charge is -2.28. The maximum Gasteiger partial charge on any atom is 0.189 e. The molecule has 1 aromatic heterocycles. The van der Waals surface area contributed by atoms with E-state index >= 15 is 0 Å². The summed E-state index contributed by atoms with van der Waals surface area (Å²) in [4.78, 5) is 6.99. The second-order valence-electron chi connectivity index (χ2n) is 5.76. The highest BCUT2D eigenvalue weighted by atomic mass is 32.2. The normalized spacial score (nSPS) is 13.9. The molecule has 0 N–H and O–H groups in total. The molecule has 116 valence electrons. The largest absolute Gasteiger partial charge is 0.342 e. The van der Waals surface area contributed by atoms with Gasteiger partial charge >= 0.3 is 0 Å². The van der Waals surface area contributed by atoms with Gasteiger partial charge in [-0.2, -0.15) is 5.10 Å². The Morgan fingerprint density at radius 2 is 1.83 bits per heavy atom. The molecule has 5 heteroatoms. The molecule has 0 unspecified atom stereocenters. The lowest BCUT2D eigenvalue weighted by Crippen LogP contribution is -2.30. The summed E-state index contributed by atoms with van der Waals surface area (Å²) in [5.41, 5.74) is 3.76. The molecule has 1 aliphatic heterocycles. The quantitative estimate of drug-likeness (QED) is 0.736. The van der Waals surface area contributed by atoms with Crippen LogP contribution in [0, 0.1) is 6.92 Å². The number of anilines is 1. The van der Waals surface area contributed by atoms with Crippen molar-refractivity contribution in [2.45, 2.75) is 25.2 Å². The molecule has 2 heterocycles. The summed E-state index contributed by atoms with van der Waals surface area (Å²) in [5, 5.41) is 5.70. The van der Waals surface area contributed by atoms with Crippen molar-refractivity contribution in [1.29, 1.82) is 0 Å². The van der Waals surface area contributed by atoms with Gasteiger partial charge < -0.3 is 4.90 Å². The summed E-state index contributed by atoms with van der Waals surface area (Å²) in [6, 6.07) is 19.0. The monoisotopic (exact) mass is 322 g/mol. The lowest BCUT2D eigenvalue weighted by atomic mass is 10.1. The van der Waals surface area contributed by atoms with Gasteiger partial charge in [0.1, 0.15) is 6.67 Å². The lowest BCUT2D eigenvalue weighted by molar-refractivity contribution is 0.535. The molecule has 1 aliphatic rings. The summed E-state index contributed by atoms with van der Waals surface area (Å²) >= 11 is 1.74. The number of rotatable bonds is 3. The molecule has 4 nitrogen and oxygen atoms in total. The fourth-order valence-corrected chi connectivity index (χ4v) is 3.59. The Bertz CT molecular complexity index is 796. The summed E-state index contributed by atoms with van der Waals surface area (Å²) in [6.45, 7) is 2.87. The molecule has 0 saturated heterocycles. The van der Waals surface area contributed by atoms with Crippen LogP contribution < -0.4 is 4.90 Å². The smallest absolute Gasteiger partial charge is 0.189 e. The SMILES string of the molecule is Cc1ccc(N2CSc3nc(Cc4ccccc4)nn3C2)cc1. The van der Waals surface area contributed by atoms with E-state index < -0.39 is 0 Å². The highest BCUT2D eigenvalue weighted by Crippen LogP contribution is 2.28. The van der Waals surface area contributed by atoms with Crippen molar-refractivity contribution in [3.05, 3.63) is 71.5 Å². The maximum atomic E-state index is 4.68. The van der Waals surface area contributed by atoms with Gasteiger partial charge in [-0.25, -0.2) is 9.67 Å². The Morgan fingerprint density at radius 1 is 1.04 bits per heavy atom.